The Hall–Kier alpha value is -2.06. The van der Waals surface area contributed by atoms with Gasteiger partial charge in [-0.25, -0.2) is 0 Å². The molecule has 0 radical (unpaired) electrons. The van der Waals surface area contributed by atoms with Crippen LogP contribution in [-0.4, -0.2) is 33.5 Å². The van der Waals surface area contributed by atoms with Crippen LogP contribution in [-0.2, 0) is 16.1 Å². The summed E-state index contributed by atoms with van der Waals surface area (Å²) in [6.07, 6.45) is 0. The van der Waals surface area contributed by atoms with Crippen molar-refractivity contribution in [2.45, 2.75) is 11.8 Å². The summed E-state index contributed by atoms with van der Waals surface area (Å²) in [5.41, 5.74) is 1.37. The first-order chi connectivity index (χ1) is 13.1. The van der Waals surface area contributed by atoms with Crippen LogP contribution in [0.2, 0.25) is 10.0 Å². The lowest BCUT2D eigenvalue weighted by Crippen LogP contribution is -2.15. The summed E-state index contributed by atoms with van der Waals surface area (Å²) < 4.78 is 7.06. The van der Waals surface area contributed by atoms with Crippen molar-refractivity contribution in [3.63, 3.8) is 0 Å². The molecule has 2 aromatic carbocycles. The fourth-order valence-electron chi connectivity index (χ4n) is 2.36. The van der Waals surface area contributed by atoms with E-state index in [1.54, 1.807) is 25.3 Å². The van der Waals surface area contributed by atoms with Crippen molar-refractivity contribution in [2.75, 3.05) is 18.2 Å². The molecule has 3 aromatic rings. The predicted octanol–water partition coefficient (Wildman–Crippen LogP) is 4.45. The number of carbonyl (C=O) groups is 1. The van der Waals surface area contributed by atoms with Gasteiger partial charge < -0.3 is 10.1 Å². The zero-order chi connectivity index (χ0) is 19.2. The number of hydrogen-bond acceptors (Lipinski definition) is 5. The number of para-hydroxylation sites is 1. The quantitative estimate of drug-likeness (QED) is 0.569. The molecule has 3 rings (SSSR count). The Morgan fingerprint density at radius 3 is 2.70 bits per heavy atom. The Morgan fingerprint density at radius 2 is 1.96 bits per heavy atom. The van der Waals surface area contributed by atoms with Crippen LogP contribution in [0.5, 0.6) is 0 Å². The Balaban J connectivity index is 1.74. The summed E-state index contributed by atoms with van der Waals surface area (Å²) >= 11 is 13.3. The molecule has 0 saturated heterocycles. The molecule has 1 N–H and O–H groups in total. The van der Waals surface area contributed by atoms with E-state index in [4.69, 9.17) is 27.9 Å². The van der Waals surface area contributed by atoms with Gasteiger partial charge in [-0.2, -0.15) is 0 Å². The van der Waals surface area contributed by atoms with Gasteiger partial charge in [-0.3, -0.25) is 9.36 Å². The zero-order valence-electron chi connectivity index (χ0n) is 14.4. The number of anilines is 1. The van der Waals surface area contributed by atoms with Crippen molar-refractivity contribution in [1.29, 1.82) is 0 Å². The average molecular weight is 423 g/mol. The molecule has 0 atom stereocenters. The second kappa shape index (κ2) is 9.23. The fourth-order valence-corrected chi connectivity index (χ4v) is 3.47. The number of ether oxygens (including phenoxy) is 1. The van der Waals surface area contributed by atoms with Gasteiger partial charge in [0.1, 0.15) is 6.61 Å². The summed E-state index contributed by atoms with van der Waals surface area (Å²) in [6, 6.07) is 14.6. The van der Waals surface area contributed by atoms with E-state index in [9.17, 15) is 4.79 Å². The SMILES string of the molecule is COCc1nnc(SCC(=O)Nc2cc(Cl)ccc2Cl)n1-c1ccccc1. The van der Waals surface area contributed by atoms with E-state index in [-0.39, 0.29) is 11.7 Å². The minimum Gasteiger partial charge on any atom is -0.377 e. The molecule has 0 aliphatic heterocycles. The maximum atomic E-state index is 12.3. The molecule has 0 aliphatic carbocycles. The number of rotatable bonds is 7. The molecule has 0 saturated carbocycles. The normalized spacial score (nSPS) is 10.8. The van der Waals surface area contributed by atoms with Gasteiger partial charge in [0.25, 0.3) is 0 Å². The molecular formula is C18H16Cl2N4O2S. The summed E-state index contributed by atoms with van der Waals surface area (Å²) in [5, 5.41) is 12.6. The van der Waals surface area contributed by atoms with E-state index in [0.717, 1.165) is 5.69 Å². The highest BCUT2D eigenvalue weighted by molar-refractivity contribution is 7.99. The molecule has 0 bridgehead atoms. The predicted molar refractivity (Wildman–Crippen MR) is 108 cm³/mol. The van der Waals surface area contributed by atoms with E-state index < -0.39 is 0 Å². The van der Waals surface area contributed by atoms with Gasteiger partial charge in [0.2, 0.25) is 5.91 Å². The third kappa shape index (κ3) is 5.01. The number of aromatic nitrogens is 3. The Morgan fingerprint density at radius 1 is 1.19 bits per heavy atom. The monoisotopic (exact) mass is 422 g/mol. The zero-order valence-corrected chi connectivity index (χ0v) is 16.7. The summed E-state index contributed by atoms with van der Waals surface area (Å²) in [4.78, 5) is 12.3. The molecule has 9 heteroatoms. The first kappa shape index (κ1) is 19.7. The van der Waals surface area contributed by atoms with Gasteiger partial charge in [0, 0.05) is 17.8 Å². The third-order valence-corrected chi connectivity index (χ3v) is 5.02. The van der Waals surface area contributed by atoms with Crippen LogP contribution in [0.15, 0.2) is 53.7 Å². The van der Waals surface area contributed by atoms with Crippen molar-refractivity contribution in [3.8, 4) is 5.69 Å². The first-order valence-electron chi connectivity index (χ1n) is 7.95. The van der Waals surface area contributed by atoms with Crippen molar-refractivity contribution in [2.24, 2.45) is 0 Å². The number of nitrogens with zero attached hydrogens (tertiary/aromatic N) is 3. The molecule has 6 nitrogen and oxygen atoms in total. The van der Waals surface area contributed by atoms with Gasteiger partial charge >= 0.3 is 0 Å². The number of methoxy groups -OCH3 is 1. The van der Waals surface area contributed by atoms with Crippen LogP contribution in [0, 0.1) is 0 Å². The Kier molecular flexibility index (Phi) is 6.73. The average Bonchev–Trinajstić information content (AvgIpc) is 3.07. The van der Waals surface area contributed by atoms with Crippen LogP contribution in [0.3, 0.4) is 0 Å². The lowest BCUT2D eigenvalue weighted by molar-refractivity contribution is -0.113. The molecule has 0 aliphatic rings. The number of benzene rings is 2. The summed E-state index contributed by atoms with van der Waals surface area (Å²) in [6.45, 7) is 0.312. The molecule has 0 spiro atoms. The third-order valence-electron chi connectivity index (χ3n) is 3.52. The second-order valence-electron chi connectivity index (χ2n) is 5.46. The van der Waals surface area contributed by atoms with Crippen LogP contribution in [0.25, 0.3) is 5.69 Å². The van der Waals surface area contributed by atoms with Gasteiger partial charge in [-0.1, -0.05) is 53.2 Å². The maximum absolute atomic E-state index is 12.3. The van der Waals surface area contributed by atoms with Crippen LogP contribution >= 0.6 is 35.0 Å². The second-order valence-corrected chi connectivity index (χ2v) is 7.25. The molecule has 0 unspecified atom stereocenters. The summed E-state index contributed by atoms with van der Waals surface area (Å²) in [7, 11) is 1.60. The van der Waals surface area contributed by atoms with E-state index in [2.05, 4.69) is 15.5 Å². The van der Waals surface area contributed by atoms with Crippen LogP contribution in [0.1, 0.15) is 5.82 Å². The molecule has 0 fully saturated rings. The molecule has 140 valence electrons. The first-order valence-corrected chi connectivity index (χ1v) is 9.69. The van der Waals surface area contributed by atoms with Crippen molar-refractivity contribution >= 4 is 46.6 Å². The van der Waals surface area contributed by atoms with E-state index in [0.29, 0.717) is 33.3 Å². The highest BCUT2D eigenvalue weighted by atomic mass is 35.5. The van der Waals surface area contributed by atoms with Gasteiger partial charge in [0.05, 0.1) is 16.5 Å². The van der Waals surface area contributed by atoms with E-state index in [1.165, 1.54) is 11.8 Å². The van der Waals surface area contributed by atoms with Crippen LogP contribution in [0.4, 0.5) is 5.69 Å². The maximum Gasteiger partial charge on any atom is 0.234 e. The summed E-state index contributed by atoms with van der Waals surface area (Å²) in [5.74, 6) is 0.574. The number of nitrogens with one attached hydrogen (secondary N) is 1. The highest BCUT2D eigenvalue weighted by Crippen LogP contribution is 2.26. The minimum absolute atomic E-state index is 0.140. The van der Waals surface area contributed by atoms with Crippen LogP contribution < -0.4 is 5.32 Å². The minimum atomic E-state index is -0.222. The Bertz CT molecular complexity index is 934. The largest absolute Gasteiger partial charge is 0.377 e. The lowest BCUT2D eigenvalue weighted by atomic mass is 10.3. The van der Waals surface area contributed by atoms with Crippen molar-refractivity contribution in [1.82, 2.24) is 14.8 Å². The van der Waals surface area contributed by atoms with Gasteiger partial charge in [0.15, 0.2) is 11.0 Å². The van der Waals surface area contributed by atoms with Crippen molar-refractivity contribution < 1.29 is 9.53 Å². The molecule has 1 heterocycles. The number of carbonyl (C=O) groups excluding carboxylic acids is 1. The van der Waals surface area contributed by atoms with E-state index in [1.807, 2.05) is 34.9 Å². The topological polar surface area (TPSA) is 69.0 Å². The number of hydrogen-bond donors (Lipinski definition) is 1. The molecule has 1 aromatic heterocycles. The van der Waals surface area contributed by atoms with Gasteiger partial charge in [-0.05, 0) is 30.3 Å². The molecule has 1 amide bonds. The molecular weight excluding hydrogens is 407 g/mol. The van der Waals surface area contributed by atoms with Crippen molar-refractivity contribution in [3.05, 3.63) is 64.4 Å². The number of halogens is 2. The smallest absolute Gasteiger partial charge is 0.234 e. The standard InChI is InChI=1S/C18H16Cl2N4O2S/c1-26-10-16-22-23-18(24(16)13-5-3-2-4-6-13)27-11-17(25)21-15-9-12(19)7-8-14(15)20/h2-9H,10-11H2,1H3,(H,21,25). The number of amides is 1. The number of thioether (sulfide) groups is 1. The highest BCUT2D eigenvalue weighted by Gasteiger charge is 2.16. The van der Waals surface area contributed by atoms with Gasteiger partial charge in [-0.15, -0.1) is 10.2 Å². The molecule has 27 heavy (non-hydrogen) atoms. The van der Waals surface area contributed by atoms with E-state index >= 15 is 0 Å². The lowest BCUT2D eigenvalue weighted by Gasteiger charge is -2.10. The fraction of sp³-hybridized carbons (Fsp3) is 0.167. The Labute approximate surface area is 170 Å².